The summed E-state index contributed by atoms with van der Waals surface area (Å²) in [5.41, 5.74) is 5.62. The zero-order valence-corrected chi connectivity index (χ0v) is 9.24. The van der Waals surface area contributed by atoms with Gasteiger partial charge in [0.2, 0.25) is 0 Å². The Balaban J connectivity index is 2.32. The van der Waals surface area contributed by atoms with Gasteiger partial charge in [0.1, 0.15) is 0 Å². The number of hydrogen-bond donors (Lipinski definition) is 1. The van der Waals surface area contributed by atoms with E-state index >= 15 is 0 Å². The lowest BCUT2D eigenvalue weighted by atomic mass is 10.2. The van der Waals surface area contributed by atoms with Crippen molar-refractivity contribution in [2.24, 2.45) is 5.73 Å². The average Bonchev–Trinajstić information content (AvgIpc) is 2.45. The van der Waals surface area contributed by atoms with Gasteiger partial charge in [0.15, 0.2) is 0 Å². The van der Waals surface area contributed by atoms with Crippen LogP contribution in [0, 0.1) is 0 Å². The maximum Gasteiger partial charge on any atom is 0.0934 e. The molecule has 1 atom stereocenters. The summed E-state index contributed by atoms with van der Waals surface area (Å²) < 4.78 is 0.840. The molecule has 0 radical (unpaired) electrons. The fourth-order valence-corrected chi connectivity index (χ4v) is 1.97. The molecule has 0 aromatic carbocycles. The first-order chi connectivity index (χ1) is 6.18. The summed E-state index contributed by atoms with van der Waals surface area (Å²) in [6.07, 6.45) is 6.31. The summed E-state index contributed by atoms with van der Waals surface area (Å²) in [6.45, 7) is 2.02. The summed E-state index contributed by atoms with van der Waals surface area (Å²) in [7, 11) is 0. The summed E-state index contributed by atoms with van der Waals surface area (Å²) in [4.78, 5) is 1.20. The Labute approximate surface area is 88.2 Å². The molecule has 72 valence electrons. The number of thiophene rings is 1. The van der Waals surface area contributed by atoms with Crippen molar-refractivity contribution in [3.63, 3.8) is 0 Å². The molecule has 0 aliphatic rings. The average molecular weight is 216 g/mol. The summed E-state index contributed by atoms with van der Waals surface area (Å²) in [5.74, 6) is 0. The quantitative estimate of drug-likeness (QED) is 0.817. The van der Waals surface area contributed by atoms with Gasteiger partial charge in [-0.2, -0.15) is 0 Å². The lowest BCUT2D eigenvalue weighted by molar-refractivity contribution is 0.677. The highest BCUT2D eigenvalue weighted by atomic mass is 35.5. The van der Waals surface area contributed by atoms with Crippen LogP contribution in [0.25, 0.3) is 6.08 Å². The van der Waals surface area contributed by atoms with Crippen molar-refractivity contribution in [1.82, 2.24) is 0 Å². The monoisotopic (exact) mass is 215 g/mol. The van der Waals surface area contributed by atoms with E-state index in [9.17, 15) is 0 Å². The number of allylic oxidation sites excluding steroid dienone is 1. The van der Waals surface area contributed by atoms with Crippen molar-refractivity contribution in [1.29, 1.82) is 0 Å². The smallest absolute Gasteiger partial charge is 0.0934 e. The van der Waals surface area contributed by atoms with Crippen LogP contribution in [-0.2, 0) is 0 Å². The summed E-state index contributed by atoms with van der Waals surface area (Å²) in [6, 6.07) is 4.23. The van der Waals surface area contributed by atoms with Crippen molar-refractivity contribution in [2.75, 3.05) is 0 Å². The van der Waals surface area contributed by atoms with Crippen LogP contribution in [0.2, 0.25) is 4.34 Å². The highest BCUT2D eigenvalue weighted by Gasteiger charge is 1.93. The Kier molecular flexibility index (Phi) is 4.50. The van der Waals surface area contributed by atoms with E-state index in [1.165, 1.54) is 4.88 Å². The Bertz CT molecular complexity index is 278. The molecular formula is C10H14ClNS. The molecule has 0 spiro atoms. The molecule has 3 heteroatoms. The van der Waals surface area contributed by atoms with E-state index in [1.807, 2.05) is 19.1 Å². The van der Waals surface area contributed by atoms with Crippen molar-refractivity contribution >= 4 is 29.0 Å². The third kappa shape index (κ3) is 4.46. The maximum absolute atomic E-state index is 5.79. The van der Waals surface area contributed by atoms with Gasteiger partial charge in [0, 0.05) is 10.9 Å². The third-order valence-corrected chi connectivity index (χ3v) is 2.86. The Hall–Kier alpha value is -0.310. The zero-order valence-electron chi connectivity index (χ0n) is 7.66. The van der Waals surface area contributed by atoms with Crippen molar-refractivity contribution in [3.05, 3.63) is 27.4 Å². The number of rotatable bonds is 4. The molecule has 1 nitrogen and oxygen atoms in total. The first-order valence-corrected chi connectivity index (χ1v) is 5.55. The summed E-state index contributed by atoms with van der Waals surface area (Å²) in [5, 5.41) is 0. The molecule has 1 rings (SSSR count). The molecule has 0 fully saturated rings. The van der Waals surface area contributed by atoms with E-state index in [0.717, 1.165) is 17.2 Å². The zero-order chi connectivity index (χ0) is 9.68. The molecule has 1 heterocycles. The third-order valence-electron chi connectivity index (χ3n) is 1.66. The summed E-state index contributed by atoms with van der Waals surface area (Å²) >= 11 is 7.38. The Morgan fingerprint density at radius 2 is 2.38 bits per heavy atom. The first-order valence-electron chi connectivity index (χ1n) is 4.36. The molecule has 1 aromatic rings. The molecule has 0 aliphatic carbocycles. The van der Waals surface area contributed by atoms with Crippen LogP contribution in [0.15, 0.2) is 18.2 Å². The van der Waals surface area contributed by atoms with Gasteiger partial charge in [0.05, 0.1) is 4.34 Å². The van der Waals surface area contributed by atoms with Gasteiger partial charge in [-0.15, -0.1) is 11.3 Å². The van der Waals surface area contributed by atoms with Gasteiger partial charge < -0.3 is 5.73 Å². The van der Waals surface area contributed by atoms with Gasteiger partial charge in [0.25, 0.3) is 0 Å². The molecule has 0 amide bonds. The normalized spacial score (nSPS) is 13.8. The number of halogens is 1. The molecule has 0 aliphatic heterocycles. The predicted molar refractivity (Wildman–Crippen MR) is 61.2 cm³/mol. The second-order valence-electron chi connectivity index (χ2n) is 3.10. The second kappa shape index (κ2) is 5.43. The predicted octanol–water partition coefficient (Wildman–Crippen LogP) is 3.54. The molecule has 0 saturated heterocycles. The van der Waals surface area contributed by atoms with Gasteiger partial charge in [-0.3, -0.25) is 0 Å². The fourth-order valence-electron chi connectivity index (χ4n) is 0.976. The van der Waals surface area contributed by atoms with E-state index in [-0.39, 0.29) is 6.04 Å². The lowest BCUT2D eigenvalue weighted by Gasteiger charge is -1.98. The van der Waals surface area contributed by atoms with E-state index in [1.54, 1.807) is 11.3 Å². The highest BCUT2D eigenvalue weighted by molar-refractivity contribution is 7.16. The number of hydrogen-bond acceptors (Lipinski definition) is 2. The maximum atomic E-state index is 5.79. The SMILES string of the molecule is CC(N)CC/C=C/c1ccc(Cl)s1. The number of nitrogens with two attached hydrogens (primary N) is 1. The van der Waals surface area contributed by atoms with Crippen LogP contribution in [0.4, 0.5) is 0 Å². The largest absolute Gasteiger partial charge is 0.328 e. The van der Waals surface area contributed by atoms with Crippen LogP contribution < -0.4 is 5.73 Å². The van der Waals surface area contributed by atoms with E-state index < -0.39 is 0 Å². The topological polar surface area (TPSA) is 26.0 Å². The van der Waals surface area contributed by atoms with Gasteiger partial charge >= 0.3 is 0 Å². The lowest BCUT2D eigenvalue weighted by Crippen LogP contribution is -2.13. The standard InChI is InChI=1S/C10H14ClNS/c1-8(12)4-2-3-5-9-6-7-10(11)13-9/h3,5-8H,2,4,12H2,1H3/b5-3+. The molecule has 1 aromatic heterocycles. The minimum atomic E-state index is 0.288. The van der Waals surface area contributed by atoms with Crippen molar-refractivity contribution in [3.8, 4) is 0 Å². The molecule has 2 N–H and O–H groups in total. The van der Waals surface area contributed by atoms with Gasteiger partial charge in [-0.25, -0.2) is 0 Å². The molecule has 0 bridgehead atoms. The molecule has 0 saturated carbocycles. The second-order valence-corrected chi connectivity index (χ2v) is 4.85. The van der Waals surface area contributed by atoms with Crippen LogP contribution >= 0.6 is 22.9 Å². The molecular weight excluding hydrogens is 202 g/mol. The van der Waals surface area contributed by atoms with Crippen LogP contribution in [0.1, 0.15) is 24.6 Å². The Morgan fingerprint density at radius 1 is 1.62 bits per heavy atom. The highest BCUT2D eigenvalue weighted by Crippen LogP contribution is 2.22. The fraction of sp³-hybridized carbons (Fsp3) is 0.400. The molecule has 13 heavy (non-hydrogen) atoms. The molecule has 1 unspecified atom stereocenters. The minimum Gasteiger partial charge on any atom is -0.328 e. The Morgan fingerprint density at radius 3 is 2.92 bits per heavy atom. The van der Waals surface area contributed by atoms with E-state index in [2.05, 4.69) is 12.2 Å². The van der Waals surface area contributed by atoms with Crippen molar-refractivity contribution in [2.45, 2.75) is 25.8 Å². The van der Waals surface area contributed by atoms with Crippen molar-refractivity contribution < 1.29 is 0 Å². The van der Waals surface area contributed by atoms with Crippen LogP contribution in [0.5, 0.6) is 0 Å². The van der Waals surface area contributed by atoms with E-state index in [0.29, 0.717) is 0 Å². The van der Waals surface area contributed by atoms with Gasteiger partial charge in [-0.1, -0.05) is 17.7 Å². The van der Waals surface area contributed by atoms with Crippen LogP contribution in [0.3, 0.4) is 0 Å². The minimum absolute atomic E-state index is 0.288. The van der Waals surface area contributed by atoms with Crippen LogP contribution in [-0.4, -0.2) is 6.04 Å². The first kappa shape index (κ1) is 10.8. The van der Waals surface area contributed by atoms with E-state index in [4.69, 9.17) is 17.3 Å². The van der Waals surface area contributed by atoms with Gasteiger partial charge in [-0.05, 0) is 38.0 Å².